The molecule has 0 spiro atoms. The summed E-state index contributed by atoms with van der Waals surface area (Å²) < 4.78 is 92.8. The summed E-state index contributed by atoms with van der Waals surface area (Å²) in [6.45, 7) is 8.25. The van der Waals surface area contributed by atoms with E-state index in [4.69, 9.17) is 15.2 Å². The number of hydrogen-bond donors (Lipinski definition) is 10. The second-order valence-corrected chi connectivity index (χ2v) is 23.5. The Labute approximate surface area is 555 Å². The lowest BCUT2D eigenvalue weighted by atomic mass is 9.99. The number of carbonyl (C=O) groups is 6. The highest BCUT2D eigenvalue weighted by molar-refractivity contribution is 9.10. The Morgan fingerprint density at radius 2 is 0.937 bits per heavy atom. The molecule has 2 aliphatic rings. The van der Waals surface area contributed by atoms with E-state index in [-0.39, 0.29) is 69.7 Å². The fraction of sp³-hybridized carbons (Fsp3) is 0.424. The van der Waals surface area contributed by atoms with Gasteiger partial charge in [-0.05, 0) is 125 Å². The molecule has 0 aliphatic carbocycles. The Hall–Kier alpha value is -8.80. The van der Waals surface area contributed by atoms with Crippen molar-refractivity contribution >= 4 is 57.3 Å². The van der Waals surface area contributed by atoms with Gasteiger partial charge in [-0.15, -0.1) is 0 Å². The number of hydrogen-bond acceptors (Lipinski definition) is 16. The predicted molar refractivity (Wildman–Crippen MR) is 347 cm³/mol. The molecule has 6 amide bonds. The van der Waals surface area contributed by atoms with Gasteiger partial charge in [0.25, 0.3) is 0 Å². The zero-order valence-electron chi connectivity index (χ0n) is 53.0. The monoisotopic (exact) mass is 1390 g/mol. The lowest BCUT2D eigenvalue weighted by Gasteiger charge is -2.28. The average Bonchev–Trinajstić information content (AvgIpc) is 0.951. The van der Waals surface area contributed by atoms with Gasteiger partial charge >= 0.3 is 12.4 Å². The Kier molecular flexibility index (Phi) is 30.0. The van der Waals surface area contributed by atoms with Crippen LogP contribution in [0.1, 0.15) is 73.9 Å². The number of amides is 6. The molecule has 0 bridgehead atoms. The van der Waals surface area contributed by atoms with Gasteiger partial charge < -0.3 is 63.1 Å². The number of nitrogens with two attached hydrogens (primary N) is 1. The van der Waals surface area contributed by atoms with Gasteiger partial charge in [0.15, 0.2) is 4.73 Å². The van der Waals surface area contributed by atoms with Crippen molar-refractivity contribution in [3.05, 3.63) is 172 Å². The molecule has 0 unspecified atom stereocenters. The first-order valence-corrected chi connectivity index (χ1v) is 31.8. The summed E-state index contributed by atoms with van der Waals surface area (Å²) in [5.74, 6) is -2.41. The number of alkyl halides is 6. The number of carbonyl (C=O) groups excluding carboxylic acids is 6. The summed E-state index contributed by atoms with van der Waals surface area (Å²) in [7, 11) is 0. The summed E-state index contributed by atoms with van der Waals surface area (Å²) in [6, 6.07) is 21.8. The standard InChI is InChI=1S/C33H40F3N7O4.C29H38F3N5O4.C4H3BrN2/c1-21(2)28-31(46)42-26(20-41-32-39-14-7-15-40-32)29(44)38-13-6-10-23-9-3-4-12-27(23)47-17-16-37-25(30(45)43-28)19-22-8-5-11-24(18-22)33(34,35)36;1-18(2)25-28(40)36-23(17-33)26(38)35-12-6-9-20-8-3-4-11-24(20)41-14-13-34-22(27(39)37-25)16-19-7-5-10-21(15-19)29(30,31)32;5-4-6-2-1-3-7-4/h3-5,7-9,11-12,14-15,18,21,25-26,28,37H,6,10,13,16-17,19-20H2,1-2H3,(H,38,44)(H,42,46)(H,43,45)(H,39,40,41);3-5,7-8,10-11,15,18,22-23,25,34H,6,9,12-14,16-17,33H2,1-2H3,(H,35,38)(H,36,40)(H,37,39);1-3H/t25-,26+,28-;22-,23+,25-;/m11./s1. The van der Waals surface area contributed by atoms with Gasteiger partial charge in [-0.2, -0.15) is 26.3 Å². The normalized spacial score (nSPS) is 20.2. The maximum absolute atomic E-state index is 13.7. The number of fused-ring (bicyclic) bond motifs is 2. The van der Waals surface area contributed by atoms with Crippen LogP contribution >= 0.6 is 15.9 Å². The minimum Gasteiger partial charge on any atom is -0.492 e. The number of nitrogens with zero attached hydrogens (tertiary/aromatic N) is 4. The highest BCUT2D eigenvalue weighted by atomic mass is 79.9. The van der Waals surface area contributed by atoms with Crippen LogP contribution in [0, 0.1) is 11.8 Å². The van der Waals surface area contributed by atoms with Gasteiger partial charge in [0.1, 0.15) is 48.9 Å². The van der Waals surface area contributed by atoms with Crippen LogP contribution in [0.3, 0.4) is 0 Å². The van der Waals surface area contributed by atoms with Gasteiger partial charge in [-0.3, -0.25) is 28.8 Å². The van der Waals surface area contributed by atoms with Gasteiger partial charge in [-0.25, -0.2) is 19.9 Å². The van der Waals surface area contributed by atoms with E-state index in [1.165, 1.54) is 36.7 Å². The highest BCUT2D eigenvalue weighted by Gasteiger charge is 2.35. The van der Waals surface area contributed by atoms with E-state index in [1.54, 1.807) is 52.2 Å². The maximum atomic E-state index is 13.7. The number of aryl methyl sites for hydroxylation is 2. The summed E-state index contributed by atoms with van der Waals surface area (Å²) in [4.78, 5) is 95.7. The number of halogens is 7. The smallest absolute Gasteiger partial charge is 0.416 e. The molecule has 512 valence electrons. The lowest BCUT2D eigenvalue weighted by Crippen LogP contribution is -2.59. The summed E-state index contributed by atoms with van der Waals surface area (Å²) in [5, 5.41) is 25.6. The number of aromatic nitrogens is 4. The SMILES string of the molecule is Brc1ncccn1.CC(C)[C@H]1NC(=O)[C@@H](Cc2cccc(C(F)(F)F)c2)NCCOc2ccccc2CCCNC(=O)[C@H](CN)NC1=O.CC(C)[C@H]1NC(=O)[C@@H](Cc2cccc(C(F)(F)F)c2)NCCOc2ccccc2CCCNC(=O)[C@H](CNc2ncccn2)NC1=O. The van der Waals surface area contributed by atoms with E-state index in [0.29, 0.717) is 60.6 Å². The molecule has 11 N–H and O–H groups in total. The van der Waals surface area contributed by atoms with E-state index in [9.17, 15) is 55.1 Å². The van der Waals surface area contributed by atoms with Gasteiger partial charge in [-0.1, -0.05) is 100 Å². The minimum absolute atomic E-state index is 0.0310. The maximum Gasteiger partial charge on any atom is 0.416 e. The van der Waals surface area contributed by atoms with Crippen molar-refractivity contribution in [3.63, 3.8) is 0 Å². The predicted octanol–water partition coefficient (Wildman–Crippen LogP) is 6.05. The van der Waals surface area contributed by atoms with Crippen molar-refractivity contribution in [1.29, 1.82) is 0 Å². The van der Waals surface area contributed by atoms with Gasteiger partial charge in [0.05, 0.1) is 23.2 Å². The van der Waals surface area contributed by atoms with E-state index in [1.807, 2.05) is 48.5 Å². The third kappa shape index (κ3) is 25.5. The molecule has 2 aliphatic heterocycles. The van der Waals surface area contributed by atoms with Crippen molar-refractivity contribution in [2.45, 2.75) is 115 Å². The number of anilines is 1. The van der Waals surface area contributed by atoms with Crippen molar-refractivity contribution in [2.75, 3.05) is 57.8 Å². The molecule has 4 heterocycles. The van der Waals surface area contributed by atoms with Crippen LogP contribution < -0.4 is 63.1 Å². The zero-order chi connectivity index (χ0) is 68.9. The summed E-state index contributed by atoms with van der Waals surface area (Å²) in [6.07, 6.45) is -0.337. The molecular formula is C66H81BrF6N14O8. The first-order chi connectivity index (χ1) is 45.4. The topological polar surface area (TPSA) is 307 Å². The molecule has 0 radical (unpaired) electrons. The Morgan fingerprint density at radius 1 is 0.516 bits per heavy atom. The van der Waals surface area contributed by atoms with E-state index < -0.39 is 101 Å². The fourth-order valence-electron chi connectivity index (χ4n) is 9.86. The first kappa shape index (κ1) is 75.2. The summed E-state index contributed by atoms with van der Waals surface area (Å²) >= 11 is 3.09. The lowest BCUT2D eigenvalue weighted by molar-refractivity contribution is -0.138. The molecule has 95 heavy (non-hydrogen) atoms. The Morgan fingerprint density at radius 3 is 1.35 bits per heavy atom. The zero-order valence-corrected chi connectivity index (χ0v) is 54.6. The highest BCUT2D eigenvalue weighted by Crippen LogP contribution is 2.31. The largest absolute Gasteiger partial charge is 0.492 e. The first-order valence-electron chi connectivity index (χ1n) is 31.0. The van der Waals surface area contributed by atoms with E-state index >= 15 is 0 Å². The van der Waals surface area contributed by atoms with Crippen LogP contribution in [0.15, 0.2) is 139 Å². The molecular weight excluding hydrogens is 1310 g/mol. The minimum atomic E-state index is -4.55. The third-order valence-electron chi connectivity index (χ3n) is 14.9. The molecule has 8 rings (SSSR count). The van der Waals surface area contributed by atoms with E-state index in [0.717, 1.165) is 35.4 Å². The van der Waals surface area contributed by atoms with Crippen LogP contribution in [-0.2, 0) is 66.8 Å². The van der Waals surface area contributed by atoms with Crippen molar-refractivity contribution in [1.82, 2.24) is 62.5 Å². The molecule has 2 aromatic heterocycles. The van der Waals surface area contributed by atoms with Gasteiger partial charge in [0, 0.05) is 64.1 Å². The number of nitrogens with one attached hydrogen (secondary N) is 9. The number of benzene rings is 4. The molecule has 0 saturated heterocycles. The van der Waals surface area contributed by atoms with Crippen LogP contribution in [0.2, 0.25) is 0 Å². The molecule has 22 nitrogen and oxygen atoms in total. The van der Waals surface area contributed by atoms with Crippen molar-refractivity contribution in [3.8, 4) is 11.5 Å². The fourth-order valence-corrected chi connectivity index (χ4v) is 10.1. The number of ether oxygens (including phenoxy) is 2. The molecule has 6 atom stereocenters. The summed E-state index contributed by atoms with van der Waals surface area (Å²) in [5.41, 5.74) is 6.57. The molecule has 4 aromatic carbocycles. The second-order valence-electron chi connectivity index (χ2n) is 22.8. The third-order valence-corrected chi connectivity index (χ3v) is 15.3. The van der Waals surface area contributed by atoms with Crippen LogP contribution in [-0.4, -0.2) is 144 Å². The Balaban J connectivity index is 0.000000274. The van der Waals surface area contributed by atoms with Crippen LogP contribution in [0.5, 0.6) is 11.5 Å². The van der Waals surface area contributed by atoms with Crippen LogP contribution in [0.25, 0.3) is 0 Å². The molecule has 29 heteroatoms. The molecule has 0 fully saturated rings. The van der Waals surface area contributed by atoms with Gasteiger partial charge in [0.2, 0.25) is 41.4 Å². The van der Waals surface area contributed by atoms with Crippen molar-refractivity contribution in [2.24, 2.45) is 17.6 Å². The molecule has 0 saturated carbocycles. The quantitative estimate of drug-likeness (QED) is 0.0552. The van der Waals surface area contributed by atoms with E-state index in [2.05, 4.69) is 83.7 Å². The Bertz CT molecular complexity index is 3420. The number of para-hydroxylation sites is 2. The van der Waals surface area contributed by atoms with Crippen LogP contribution in [0.4, 0.5) is 32.3 Å². The molecule has 6 aromatic rings. The average molecular weight is 1390 g/mol. The number of rotatable bonds is 10. The second kappa shape index (κ2) is 37.9. The van der Waals surface area contributed by atoms with Crippen molar-refractivity contribution < 1.29 is 64.6 Å².